The van der Waals surface area contributed by atoms with Crippen LogP contribution in [0.5, 0.6) is 0 Å². The topological polar surface area (TPSA) is 40.2 Å². The van der Waals surface area contributed by atoms with Crippen molar-refractivity contribution in [2.75, 3.05) is 31.9 Å². The van der Waals surface area contributed by atoms with Gasteiger partial charge in [-0.1, -0.05) is 0 Å². The van der Waals surface area contributed by atoms with Crippen molar-refractivity contribution in [2.45, 2.75) is 38.5 Å². The van der Waals surface area contributed by atoms with Crippen LogP contribution in [0.25, 0.3) is 0 Å². The Bertz CT molecular complexity index is 629. The van der Waals surface area contributed by atoms with E-state index in [1.807, 2.05) is 6.92 Å². The molecule has 2 aliphatic heterocycles. The molecule has 0 unspecified atom stereocenters. The van der Waals surface area contributed by atoms with Crippen molar-refractivity contribution in [3.63, 3.8) is 0 Å². The van der Waals surface area contributed by atoms with Crippen LogP contribution >= 0.6 is 0 Å². The molecule has 2 fully saturated rings. The third kappa shape index (κ3) is 4.31. The number of hydrogen-bond acceptors (Lipinski definition) is 5. The monoisotopic (exact) mass is 373 g/mol. The molecule has 1 aromatic carbocycles. The van der Waals surface area contributed by atoms with Crippen LogP contribution in [0.4, 0.5) is 18.9 Å². The van der Waals surface area contributed by atoms with Gasteiger partial charge in [-0.15, -0.1) is 0 Å². The second-order valence-corrected chi connectivity index (χ2v) is 6.22. The lowest BCUT2D eigenvalue weighted by Gasteiger charge is -2.37. The molecule has 3 rings (SSSR count). The van der Waals surface area contributed by atoms with Crippen LogP contribution in [0.3, 0.4) is 0 Å². The van der Waals surface area contributed by atoms with Crippen molar-refractivity contribution in [1.82, 2.24) is 0 Å². The molecule has 8 heteroatoms. The number of hydrogen-bond donors (Lipinski definition) is 0. The van der Waals surface area contributed by atoms with Crippen LogP contribution in [0.15, 0.2) is 35.6 Å². The fourth-order valence-electron chi connectivity index (χ4n) is 3.08. The number of benzene rings is 1. The summed E-state index contributed by atoms with van der Waals surface area (Å²) < 4.78 is 59.7. The molecule has 0 saturated carbocycles. The predicted octanol–water partition coefficient (Wildman–Crippen LogP) is 3.90. The molecule has 1 aromatic rings. The molecule has 2 heterocycles. The highest BCUT2D eigenvalue weighted by molar-refractivity contribution is 5.49. The highest BCUT2D eigenvalue weighted by Crippen LogP contribution is 2.33. The lowest BCUT2D eigenvalue weighted by molar-refractivity contribution is -0.370. The zero-order chi connectivity index (χ0) is 18.7. The summed E-state index contributed by atoms with van der Waals surface area (Å²) >= 11 is 0. The van der Waals surface area contributed by atoms with Crippen molar-refractivity contribution in [3.8, 4) is 0 Å². The minimum absolute atomic E-state index is 0.110. The van der Waals surface area contributed by atoms with Crippen LogP contribution < -0.4 is 4.90 Å². The van der Waals surface area contributed by atoms with Gasteiger partial charge in [-0.3, -0.25) is 0 Å². The van der Waals surface area contributed by atoms with Crippen molar-refractivity contribution < 1.29 is 32.1 Å². The number of halogens is 3. The van der Waals surface area contributed by atoms with E-state index in [9.17, 15) is 13.2 Å². The summed E-state index contributed by atoms with van der Waals surface area (Å²) in [5.74, 6) is 0.650. The molecule has 0 spiro atoms. The number of anilines is 1. The van der Waals surface area contributed by atoms with E-state index in [2.05, 4.69) is 4.90 Å². The Kier molecular flexibility index (Phi) is 5.74. The second-order valence-electron chi connectivity index (χ2n) is 6.22. The lowest BCUT2D eigenvalue weighted by atomic mass is 10.0. The van der Waals surface area contributed by atoms with Gasteiger partial charge in [0.1, 0.15) is 0 Å². The van der Waals surface area contributed by atoms with E-state index in [0.29, 0.717) is 18.8 Å². The summed E-state index contributed by atoms with van der Waals surface area (Å²) in [5, 5.41) is 0. The molecule has 5 nitrogen and oxygen atoms in total. The smallest absolute Gasteiger partial charge is 0.416 e. The molecular weight excluding hydrogens is 351 g/mol. The number of nitrogens with zero attached hydrogens (tertiary/aromatic N) is 1. The van der Waals surface area contributed by atoms with Gasteiger partial charge in [0, 0.05) is 25.9 Å². The van der Waals surface area contributed by atoms with Gasteiger partial charge in [-0.2, -0.15) is 13.2 Å². The van der Waals surface area contributed by atoms with Gasteiger partial charge in [0.05, 0.1) is 5.56 Å². The van der Waals surface area contributed by atoms with E-state index in [1.165, 1.54) is 12.1 Å². The average Bonchev–Trinajstić information content (AvgIpc) is 2.60. The van der Waals surface area contributed by atoms with Gasteiger partial charge in [0.15, 0.2) is 18.8 Å². The van der Waals surface area contributed by atoms with Gasteiger partial charge in [-0.25, -0.2) is 0 Å². The van der Waals surface area contributed by atoms with Gasteiger partial charge < -0.3 is 23.8 Å². The first-order chi connectivity index (χ1) is 12.4. The maximum absolute atomic E-state index is 12.7. The van der Waals surface area contributed by atoms with Crippen molar-refractivity contribution in [2.24, 2.45) is 0 Å². The molecular formula is C18H22F3NO4. The zero-order valence-electron chi connectivity index (χ0n) is 14.7. The third-order valence-corrected chi connectivity index (χ3v) is 4.45. The first-order valence-electron chi connectivity index (χ1n) is 8.45. The quantitative estimate of drug-likeness (QED) is 0.578. The average molecular weight is 373 g/mol. The summed E-state index contributed by atoms with van der Waals surface area (Å²) in [6.45, 7) is 3.28. The van der Waals surface area contributed by atoms with Gasteiger partial charge in [0.2, 0.25) is 6.29 Å². The van der Waals surface area contributed by atoms with E-state index in [-0.39, 0.29) is 13.1 Å². The zero-order valence-corrected chi connectivity index (χ0v) is 14.7. The molecule has 2 saturated heterocycles. The largest absolute Gasteiger partial charge is 0.467 e. The van der Waals surface area contributed by atoms with Crippen LogP contribution in [0.2, 0.25) is 0 Å². The molecule has 144 valence electrons. The molecule has 0 radical (unpaired) electrons. The lowest BCUT2D eigenvalue weighted by Crippen LogP contribution is -2.42. The molecule has 0 atom stereocenters. The highest BCUT2D eigenvalue weighted by atomic mass is 19.4. The number of alkyl halides is 3. The Morgan fingerprint density at radius 2 is 1.77 bits per heavy atom. The summed E-state index contributed by atoms with van der Waals surface area (Å²) in [4.78, 5) is 2.06. The highest BCUT2D eigenvalue weighted by Gasteiger charge is 2.35. The van der Waals surface area contributed by atoms with E-state index in [1.54, 1.807) is 7.11 Å². The third-order valence-electron chi connectivity index (χ3n) is 4.45. The maximum atomic E-state index is 12.7. The standard InChI is InChI=1S/C18H22F3NO4/c1-12-25-17(26-12)16(24-11-23-2)13-7-9-22(10-8-13)15-5-3-14(4-6-15)18(19,20)21/h3-6,12,17H,7-11H2,1-2H3. The van der Waals surface area contributed by atoms with Crippen molar-refractivity contribution in [1.29, 1.82) is 0 Å². The van der Waals surface area contributed by atoms with Crippen LogP contribution in [0.1, 0.15) is 25.3 Å². The molecule has 2 aliphatic rings. The molecule has 0 aromatic heterocycles. The normalized spacial score (nSPS) is 23.6. The Morgan fingerprint density at radius 1 is 1.15 bits per heavy atom. The first kappa shape index (κ1) is 19.0. The number of ether oxygens (including phenoxy) is 4. The predicted molar refractivity (Wildman–Crippen MR) is 88.3 cm³/mol. The fourth-order valence-corrected chi connectivity index (χ4v) is 3.08. The van der Waals surface area contributed by atoms with Crippen LogP contribution in [-0.4, -0.2) is 39.6 Å². The van der Waals surface area contributed by atoms with Crippen molar-refractivity contribution >= 4 is 5.69 Å². The minimum atomic E-state index is -4.32. The first-order valence-corrected chi connectivity index (χ1v) is 8.45. The summed E-state index contributed by atoms with van der Waals surface area (Å²) in [7, 11) is 1.54. The van der Waals surface area contributed by atoms with Crippen LogP contribution in [0, 0.1) is 0 Å². The SMILES string of the molecule is COCOC(=C1CCN(c2ccc(C(F)(F)F)cc2)CC1)C1OC(C)O1. The minimum Gasteiger partial charge on any atom is -0.467 e. The number of piperidine rings is 1. The molecule has 0 bridgehead atoms. The van der Waals surface area contributed by atoms with Gasteiger partial charge in [0.25, 0.3) is 0 Å². The van der Waals surface area contributed by atoms with E-state index >= 15 is 0 Å². The Balaban J connectivity index is 1.65. The van der Waals surface area contributed by atoms with Gasteiger partial charge >= 0.3 is 6.18 Å². The molecule has 0 amide bonds. The van der Waals surface area contributed by atoms with E-state index in [0.717, 1.165) is 36.2 Å². The van der Waals surface area contributed by atoms with Crippen LogP contribution in [-0.2, 0) is 25.1 Å². The van der Waals surface area contributed by atoms with Crippen molar-refractivity contribution in [3.05, 3.63) is 41.2 Å². The maximum Gasteiger partial charge on any atom is 0.416 e. The summed E-state index contributed by atoms with van der Waals surface area (Å²) in [5.41, 5.74) is 1.23. The Labute approximate surface area is 150 Å². The molecule has 0 aliphatic carbocycles. The second kappa shape index (κ2) is 7.85. The number of rotatable bonds is 5. The van der Waals surface area contributed by atoms with E-state index < -0.39 is 18.0 Å². The molecule has 0 N–H and O–H groups in total. The summed E-state index contributed by atoms with van der Waals surface area (Å²) in [6.07, 6.45) is -3.64. The summed E-state index contributed by atoms with van der Waals surface area (Å²) in [6, 6.07) is 5.26. The van der Waals surface area contributed by atoms with E-state index in [4.69, 9.17) is 18.9 Å². The Hall–Kier alpha value is -1.77. The van der Waals surface area contributed by atoms with Gasteiger partial charge in [-0.05, 0) is 49.6 Å². The Morgan fingerprint density at radius 3 is 2.27 bits per heavy atom. The molecule has 26 heavy (non-hydrogen) atoms. The number of methoxy groups -OCH3 is 1. The fraction of sp³-hybridized carbons (Fsp3) is 0.556.